The summed E-state index contributed by atoms with van der Waals surface area (Å²) in [6, 6.07) is 35.8. The molecule has 0 atom stereocenters. The van der Waals surface area contributed by atoms with Crippen molar-refractivity contribution in [1.29, 1.82) is 0 Å². The minimum Gasteiger partial charge on any atom is -0.474 e. The van der Waals surface area contributed by atoms with E-state index in [-0.39, 0.29) is 17.5 Å². The second kappa shape index (κ2) is 11.1. The van der Waals surface area contributed by atoms with Crippen LogP contribution in [-0.2, 0) is 23.7 Å². The van der Waals surface area contributed by atoms with Gasteiger partial charge in [-0.3, -0.25) is 0 Å². The van der Waals surface area contributed by atoms with E-state index in [1.165, 1.54) is 66.8 Å². The van der Waals surface area contributed by atoms with Crippen molar-refractivity contribution in [2.24, 2.45) is 0 Å². The maximum Gasteiger partial charge on any atom is 0.298 e. The topological polar surface area (TPSA) is 25.6 Å². The van der Waals surface area contributed by atoms with Crippen LogP contribution < -0.4 is 26.2 Å². The molecule has 0 spiro atoms. The molecule has 49 heavy (non-hydrogen) atoms. The molecule has 9 rings (SSSR count). The summed E-state index contributed by atoms with van der Waals surface area (Å²) in [5, 5.41) is 2.43. The molecule has 0 bridgehead atoms. The molecule has 0 N–H and O–H groups in total. The summed E-state index contributed by atoms with van der Waals surface area (Å²) in [6.07, 6.45) is 4.56. The molecule has 3 nitrogen and oxygen atoms in total. The number of rotatable bonds is 3. The van der Waals surface area contributed by atoms with Gasteiger partial charge in [-0.1, -0.05) is 108 Å². The molecule has 1 aliphatic carbocycles. The molecule has 3 heterocycles. The SMILES string of the molecule is CC(C)(C)c1ccc(N(c2ccc3c(c2)Oc2cc(C(C)(C)C)cc4c2B3c2oc3c(c2S4)CCCC3)c2cccc3ccccc23)cc1. The van der Waals surface area contributed by atoms with Crippen molar-refractivity contribution in [2.45, 2.75) is 87.8 Å². The van der Waals surface area contributed by atoms with Gasteiger partial charge in [0, 0.05) is 44.6 Å². The highest BCUT2D eigenvalue weighted by Gasteiger charge is 2.44. The first-order valence-electron chi connectivity index (χ1n) is 17.8. The zero-order chi connectivity index (χ0) is 33.7. The second-order valence-electron chi connectivity index (χ2n) is 16.0. The number of hydrogen-bond donors (Lipinski definition) is 0. The van der Waals surface area contributed by atoms with E-state index in [1.54, 1.807) is 0 Å². The fraction of sp³-hybridized carbons (Fsp3) is 0.273. The quantitative estimate of drug-likeness (QED) is 0.176. The van der Waals surface area contributed by atoms with Crippen LogP contribution in [0.1, 0.15) is 76.8 Å². The van der Waals surface area contributed by atoms with E-state index in [0.29, 0.717) is 0 Å². The molecule has 0 amide bonds. The average molecular weight is 660 g/mol. The Kier molecular flexibility index (Phi) is 6.94. The molecule has 5 heteroatoms. The van der Waals surface area contributed by atoms with Crippen LogP contribution >= 0.6 is 11.8 Å². The van der Waals surface area contributed by atoms with E-state index < -0.39 is 0 Å². The summed E-state index contributed by atoms with van der Waals surface area (Å²) in [7, 11) is 0. The number of nitrogens with zero attached hydrogens (tertiary/aromatic N) is 1. The molecule has 0 radical (unpaired) electrons. The van der Waals surface area contributed by atoms with Crippen LogP contribution in [0.2, 0.25) is 0 Å². The van der Waals surface area contributed by atoms with Gasteiger partial charge in [-0.2, -0.15) is 0 Å². The largest absolute Gasteiger partial charge is 0.474 e. The zero-order valence-corrected chi connectivity index (χ0v) is 30.1. The Hall–Kier alpha value is -4.35. The highest BCUT2D eigenvalue weighted by molar-refractivity contribution is 8.00. The summed E-state index contributed by atoms with van der Waals surface area (Å²) >= 11 is 1.90. The molecule has 6 aromatic rings. The summed E-state index contributed by atoms with van der Waals surface area (Å²) in [5.41, 5.74) is 11.0. The van der Waals surface area contributed by atoms with E-state index in [1.807, 2.05) is 11.8 Å². The van der Waals surface area contributed by atoms with Crippen molar-refractivity contribution < 1.29 is 9.15 Å². The van der Waals surface area contributed by atoms with E-state index in [9.17, 15) is 0 Å². The third-order valence-electron chi connectivity index (χ3n) is 10.7. The predicted molar refractivity (Wildman–Crippen MR) is 207 cm³/mol. The van der Waals surface area contributed by atoms with Crippen LogP contribution in [0.3, 0.4) is 0 Å². The van der Waals surface area contributed by atoms with Gasteiger partial charge in [0.25, 0.3) is 6.71 Å². The van der Waals surface area contributed by atoms with Gasteiger partial charge in [-0.25, -0.2) is 0 Å². The van der Waals surface area contributed by atoms with Crippen LogP contribution in [0.4, 0.5) is 17.1 Å². The van der Waals surface area contributed by atoms with Crippen LogP contribution in [0.15, 0.2) is 111 Å². The third-order valence-corrected chi connectivity index (χ3v) is 11.9. The van der Waals surface area contributed by atoms with E-state index >= 15 is 0 Å². The number of hydrogen-bond acceptors (Lipinski definition) is 4. The molecule has 0 saturated carbocycles. The number of furan rings is 1. The molecule has 0 unspecified atom stereocenters. The summed E-state index contributed by atoms with van der Waals surface area (Å²) in [4.78, 5) is 5.04. The Bertz CT molecular complexity index is 2270. The van der Waals surface area contributed by atoms with Gasteiger partial charge in [0.2, 0.25) is 0 Å². The van der Waals surface area contributed by atoms with Crippen LogP contribution in [-0.4, -0.2) is 6.71 Å². The lowest BCUT2D eigenvalue weighted by Gasteiger charge is -2.34. The summed E-state index contributed by atoms with van der Waals surface area (Å²) in [6.45, 7) is 13.7. The fourth-order valence-corrected chi connectivity index (χ4v) is 9.27. The molecular weight excluding hydrogens is 617 g/mol. The lowest BCUT2D eigenvalue weighted by Crippen LogP contribution is -2.57. The van der Waals surface area contributed by atoms with Gasteiger partial charge in [0.1, 0.15) is 17.3 Å². The Morgan fingerprint density at radius 2 is 1.43 bits per heavy atom. The lowest BCUT2D eigenvalue weighted by atomic mass is 9.37. The van der Waals surface area contributed by atoms with Crippen molar-refractivity contribution >= 4 is 62.9 Å². The van der Waals surface area contributed by atoms with Gasteiger partial charge in [-0.15, -0.1) is 0 Å². The van der Waals surface area contributed by atoms with Crippen molar-refractivity contribution in [3.8, 4) is 11.5 Å². The molecule has 0 fully saturated rings. The highest BCUT2D eigenvalue weighted by Crippen LogP contribution is 2.45. The molecule has 1 aromatic heterocycles. The maximum absolute atomic E-state index is 7.01. The number of fused-ring (bicyclic) bond motifs is 7. The van der Waals surface area contributed by atoms with Crippen molar-refractivity contribution in [1.82, 2.24) is 0 Å². The van der Waals surface area contributed by atoms with Gasteiger partial charge in [-0.05, 0) is 93.9 Å². The van der Waals surface area contributed by atoms with E-state index in [0.717, 1.165) is 47.1 Å². The first-order valence-corrected chi connectivity index (χ1v) is 18.6. The van der Waals surface area contributed by atoms with Gasteiger partial charge < -0.3 is 14.1 Å². The van der Waals surface area contributed by atoms with Gasteiger partial charge in [0.15, 0.2) is 0 Å². The lowest BCUT2D eigenvalue weighted by molar-refractivity contribution is 0.479. The van der Waals surface area contributed by atoms with Gasteiger partial charge in [0.05, 0.1) is 11.3 Å². The smallest absolute Gasteiger partial charge is 0.298 e. The molecule has 244 valence electrons. The number of anilines is 3. The van der Waals surface area contributed by atoms with Crippen LogP contribution in [0.5, 0.6) is 11.5 Å². The fourth-order valence-electron chi connectivity index (χ4n) is 7.93. The predicted octanol–water partition coefficient (Wildman–Crippen LogP) is 10.5. The zero-order valence-electron chi connectivity index (χ0n) is 29.3. The molecule has 2 aliphatic heterocycles. The first-order chi connectivity index (χ1) is 23.5. The first kappa shape index (κ1) is 30.7. The maximum atomic E-state index is 7.01. The van der Waals surface area contributed by atoms with Gasteiger partial charge >= 0.3 is 0 Å². The minimum atomic E-state index is -0.00639. The minimum absolute atomic E-state index is 0.00639. The number of benzene rings is 5. The Morgan fingerprint density at radius 1 is 0.694 bits per heavy atom. The highest BCUT2D eigenvalue weighted by atomic mass is 32.2. The third kappa shape index (κ3) is 5.03. The van der Waals surface area contributed by atoms with Crippen molar-refractivity contribution in [3.63, 3.8) is 0 Å². The molecular formula is C44H42BNO2S. The van der Waals surface area contributed by atoms with Crippen LogP contribution in [0, 0.1) is 0 Å². The van der Waals surface area contributed by atoms with E-state index in [2.05, 4.69) is 144 Å². The Morgan fingerprint density at radius 3 is 2.22 bits per heavy atom. The van der Waals surface area contributed by atoms with E-state index in [4.69, 9.17) is 9.15 Å². The Balaban J connectivity index is 1.24. The van der Waals surface area contributed by atoms with Crippen molar-refractivity contribution in [3.05, 3.63) is 120 Å². The molecule has 0 saturated heterocycles. The normalized spacial score (nSPS) is 14.9. The average Bonchev–Trinajstić information content (AvgIpc) is 3.46. The van der Waals surface area contributed by atoms with Crippen molar-refractivity contribution in [2.75, 3.05) is 4.90 Å². The summed E-state index contributed by atoms with van der Waals surface area (Å²) in [5.74, 6) is 3.05. The standard InChI is InChI=1S/C44H42BNO2S/c1-43(2,3)28-18-20-30(21-19-28)46(35-16-11-13-27-12-7-8-14-32(27)35)31-22-23-34-37(26-31)47-38-24-29(44(4,5)6)25-39-40(38)45(34)42-41(49-39)33-15-9-10-17-36(33)48-42/h7-8,11-14,16,18-26H,9-10,15,17H2,1-6H3. The number of ether oxygens (including phenoxy) is 1. The Labute approximate surface area is 294 Å². The molecule has 3 aliphatic rings. The summed E-state index contributed by atoms with van der Waals surface area (Å²) < 4.78 is 13.9. The number of aryl methyl sites for hydroxylation is 1. The second-order valence-corrected chi connectivity index (χ2v) is 17.1. The monoisotopic (exact) mass is 659 g/mol. The van der Waals surface area contributed by atoms with Crippen LogP contribution in [0.25, 0.3) is 10.8 Å². The molecule has 5 aromatic carbocycles.